The molecule has 1 aromatic carbocycles. The molecule has 0 saturated carbocycles. The summed E-state index contributed by atoms with van der Waals surface area (Å²) in [6.45, 7) is 17.8. The Bertz CT molecular complexity index is 518. The van der Waals surface area contributed by atoms with E-state index in [2.05, 4.69) is 82.7 Å². The van der Waals surface area contributed by atoms with Crippen LogP contribution in [-0.4, -0.2) is 0 Å². The number of rotatable bonds is 6. The minimum absolute atomic E-state index is 0.0954. The van der Waals surface area contributed by atoms with Crippen molar-refractivity contribution in [2.45, 2.75) is 18.7 Å². The fourth-order valence-corrected chi connectivity index (χ4v) is 3.83. The van der Waals surface area contributed by atoms with E-state index in [-0.39, 0.29) is 10.9 Å². The van der Waals surface area contributed by atoms with E-state index >= 15 is 0 Å². The highest BCUT2D eigenvalue weighted by Gasteiger charge is 2.28. The number of hydrogen-bond donors (Lipinski definition) is 0. The Labute approximate surface area is 132 Å². The molecule has 1 rings (SSSR count). The molecule has 110 valence electrons. The van der Waals surface area contributed by atoms with Gasteiger partial charge in [0, 0.05) is 0 Å². The molecule has 0 saturated heterocycles. The molecule has 0 aromatic heterocycles. The van der Waals surface area contributed by atoms with Crippen LogP contribution in [0.4, 0.5) is 0 Å². The lowest BCUT2D eigenvalue weighted by Crippen LogP contribution is -2.06. The second kappa shape index (κ2) is 11.8. The molecule has 0 N–H and O–H groups in total. The van der Waals surface area contributed by atoms with Gasteiger partial charge in [-0.1, -0.05) is 43.5 Å². The summed E-state index contributed by atoms with van der Waals surface area (Å²) in [5.74, 6) is 0. The topological polar surface area (TPSA) is 0 Å². The van der Waals surface area contributed by atoms with Crippen LogP contribution in [0.3, 0.4) is 0 Å². The average Bonchev–Trinajstić information content (AvgIpc) is 2.57. The highest BCUT2D eigenvalue weighted by Crippen LogP contribution is 2.30. The van der Waals surface area contributed by atoms with Crippen molar-refractivity contribution in [2.75, 3.05) is 0 Å². The Balaban J connectivity index is 0.00000191. The highest BCUT2D eigenvalue weighted by molar-refractivity contribution is 8.04. The van der Waals surface area contributed by atoms with Crippen molar-refractivity contribution in [3.63, 3.8) is 0 Å². The van der Waals surface area contributed by atoms with Gasteiger partial charge in [0.2, 0.25) is 0 Å². The molecular formula is C20H25S+. The molecule has 0 bridgehead atoms. The lowest BCUT2D eigenvalue weighted by molar-refractivity contribution is 1.44. The second-order valence-corrected chi connectivity index (χ2v) is 5.83. The first-order chi connectivity index (χ1) is 10.3. The molecule has 0 spiro atoms. The quantitative estimate of drug-likeness (QED) is 0.333. The minimum atomic E-state index is -0.0954. The van der Waals surface area contributed by atoms with Gasteiger partial charge in [0.05, 0.1) is 10.9 Å². The first-order valence-electron chi connectivity index (χ1n) is 6.82. The molecule has 1 aromatic rings. The molecule has 0 aliphatic rings. The zero-order valence-corrected chi connectivity index (χ0v) is 13.9. The van der Waals surface area contributed by atoms with Crippen LogP contribution >= 0.6 is 0 Å². The number of hydrogen-bond acceptors (Lipinski definition) is 0. The molecule has 0 amide bonds. The lowest BCUT2D eigenvalue weighted by Gasteiger charge is -2.08. The maximum absolute atomic E-state index is 3.94. The Kier molecular flexibility index (Phi) is 10.7. The van der Waals surface area contributed by atoms with Crippen molar-refractivity contribution in [3.8, 4) is 0 Å². The van der Waals surface area contributed by atoms with Crippen LogP contribution in [0, 0.1) is 0 Å². The summed E-state index contributed by atoms with van der Waals surface area (Å²) in [6, 6.07) is 10.5. The van der Waals surface area contributed by atoms with Gasteiger partial charge in [-0.3, -0.25) is 0 Å². The summed E-state index contributed by atoms with van der Waals surface area (Å²) in [4.78, 5) is 3.82. The van der Waals surface area contributed by atoms with Crippen LogP contribution in [-0.2, 0) is 10.9 Å². The predicted octanol–water partition coefficient (Wildman–Crippen LogP) is 6.20. The predicted molar refractivity (Wildman–Crippen MR) is 100 cm³/mol. The van der Waals surface area contributed by atoms with E-state index < -0.39 is 0 Å². The summed E-state index contributed by atoms with van der Waals surface area (Å²) in [7, 11) is -0.0954. The van der Waals surface area contributed by atoms with Crippen LogP contribution in [0.1, 0.15) is 13.8 Å². The van der Waals surface area contributed by atoms with Crippen molar-refractivity contribution in [2.24, 2.45) is 0 Å². The molecule has 1 heteroatoms. The van der Waals surface area contributed by atoms with E-state index in [1.807, 2.05) is 18.2 Å². The minimum Gasteiger partial charge on any atom is -0.106 e. The van der Waals surface area contributed by atoms with Gasteiger partial charge in [0.15, 0.2) is 14.7 Å². The Hall–Kier alpha value is -1.99. The van der Waals surface area contributed by atoms with Gasteiger partial charge in [-0.05, 0) is 50.3 Å². The maximum Gasteiger partial charge on any atom is 0.166 e. The molecular weight excluding hydrogens is 272 g/mol. The van der Waals surface area contributed by atoms with Crippen molar-refractivity contribution in [1.82, 2.24) is 0 Å². The second-order valence-electron chi connectivity index (χ2n) is 3.80. The van der Waals surface area contributed by atoms with Gasteiger partial charge in [-0.15, -0.1) is 13.2 Å². The van der Waals surface area contributed by atoms with Crippen LogP contribution in [0.15, 0.2) is 108 Å². The van der Waals surface area contributed by atoms with Gasteiger partial charge in [0.1, 0.15) is 0 Å². The van der Waals surface area contributed by atoms with Gasteiger partial charge in [0.25, 0.3) is 0 Å². The maximum atomic E-state index is 3.94. The van der Waals surface area contributed by atoms with Gasteiger partial charge in [-0.25, -0.2) is 0 Å². The van der Waals surface area contributed by atoms with E-state index in [0.29, 0.717) is 0 Å². The molecule has 21 heavy (non-hydrogen) atoms. The molecule has 0 radical (unpaired) electrons. The van der Waals surface area contributed by atoms with E-state index in [9.17, 15) is 0 Å². The van der Waals surface area contributed by atoms with E-state index in [4.69, 9.17) is 0 Å². The summed E-state index contributed by atoms with van der Waals surface area (Å²) in [5.41, 5.74) is 0. The first kappa shape index (κ1) is 19.0. The van der Waals surface area contributed by atoms with E-state index in [1.165, 1.54) is 14.7 Å². The summed E-state index contributed by atoms with van der Waals surface area (Å²) < 4.78 is 0. The zero-order chi connectivity index (χ0) is 16.1. The van der Waals surface area contributed by atoms with Crippen LogP contribution in [0.5, 0.6) is 0 Å². The first-order valence-corrected chi connectivity index (χ1v) is 8.04. The Morgan fingerprint density at radius 2 is 1.52 bits per heavy atom. The van der Waals surface area contributed by atoms with Gasteiger partial charge >= 0.3 is 0 Å². The zero-order valence-electron chi connectivity index (χ0n) is 13.1. The lowest BCUT2D eigenvalue weighted by atomic mass is 10.4. The van der Waals surface area contributed by atoms with Crippen LogP contribution in [0.25, 0.3) is 0 Å². The molecule has 0 fully saturated rings. The third-order valence-corrected chi connectivity index (χ3v) is 5.08. The van der Waals surface area contributed by atoms with E-state index in [0.717, 1.165) is 0 Å². The van der Waals surface area contributed by atoms with E-state index in [1.54, 1.807) is 6.08 Å². The molecule has 0 aliphatic heterocycles. The summed E-state index contributed by atoms with van der Waals surface area (Å²) in [6.07, 6.45) is 12.1. The third kappa shape index (κ3) is 5.88. The molecule has 0 nitrogen and oxygen atoms in total. The largest absolute Gasteiger partial charge is 0.166 e. The fraction of sp³-hybridized carbons (Fsp3) is 0.100. The van der Waals surface area contributed by atoms with Gasteiger partial charge in [-0.2, -0.15) is 0 Å². The molecule has 0 heterocycles. The third-order valence-electron chi connectivity index (χ3n) is 2.62. The normalized spacial score (nSPS) is 13.2. The molecule has 0 aliphatic carbocycles. The van der Waals surface area contributed by atoms with Crippen molar-refractivity contribution in [1.29, 1.82) is 0 Å². The monoisotopic (exact) mass is 297 g/mol. The summed E-state index contributed by atoms with van der Waals surface area (Å²) >= 11 is 0. The highest BCUT2D eigenvalue weighted by atomic mass is 32.2. The standard InChI is InChI=1S/C18H21S.C2H4/c1-5-9-13-17(8-4)19(16(6-2)7-3)18-14-11-10-12-15-18;1-2/h5-15H,1-2H2,3-4H3;1-2H2/q+1;/b13-9-,16-7+,17-8+;. The number of allylic oxidation sites excluding steroid dienone is 6. The average molecular weight is 297 g/mol. The fourth-order valence-electron chi connectivity index (χ4n) is 1.73. The number of benzene rings is 1. The van der Waals surface area contributed by atoms with Gasteiger partial charge < -0.3 is 0 Å². The smallest absolute Gasteiger partial charge is 0.106 e. The SMILES string of the molecule is C=C.C=C/C=C\C(=C/C)[S+](/C(C=C)=C/C)c1ccccc1. The van der Waals surface area contributed by atoms with Crippen LogP contribution < -0.4 is 0 Å². The van der Waals surface area contributed by atoms with Crippen molar-refractivity contribution in [3.05, 3.63) is 103 Å². The molecule has 1 unspecified atom stereocenters. The van der Waals surface area contributed by atoms with Crippen LogP contribution in [0.2, 0.25) is 0 Å². The van der Waals surface area contributed by atoms with Crippen molar-refractivity contribution < 1.29 is 0 Å². The molecule has 1 atom stereocenters. The summed E-state index contributed by atoms with van der Waals surface area (Å²) in [5, 5.41) is 0. The Morgan fingerprint density at radius 1 is 0.952 bits per heavy atom. The van der Waals surface area contributed by atoms with Crippen molar-refractivity contribution >= 4 is 10.9 Å². The Morgan fingerprint density at radius 3 is 1.95 bits per heavy atom.